The molecule has 1 aromatic heterocycles. The smallest absolute Gasteiger partial charge is 0.267 e. The van der Waals surface area contributed by atoms with E-state index in [0.29, 0.717) is 17.9 Å². The van der Waals surface area contributed by atoms with Crippen molar-refractivity contribution in [3.05, 3.63) is 51.4 Å². The summed E-state index contributed by atoms with van der Waals surface area (Å²) in [5.41, 5.74) is 1.23. The summed E-state index contributed by atoms with van der Waals surface area (Å²) in [5, 5.41) is 17.6. The number of halogens is 1. The molecule has 0 aliphatic heterocycles. The third kappa shape index (κ3) is 4.57. The van der Waals surface area contributed by atoms with Crippen LogP contribution in [0.2, 0.25) is 5.02 Å². The molecule has 6 nitrogen and oxygen atoms in total. The molecule has 1 aliphatic rings. The summed E-state index contributed by atoms with van der Waals surface area (Å²) in [7, 11) is 0. The lowest BCUT2D eigenvalue weighted by Crippen LogP contribution is -2.54. The first-order chi connectivity index (χ1) is 12.6. The van der Waals surface area contributed by atoms with Gasteiger partial charge in [0.05, 0.1) is 11.3 Å². The van der Waals surface area contributed by atoms with Crippen molar-refractivity contribution < 1.29 is 9.90 Å². The van der Waals surface area contributed by atoms with E-state index in [0.717, 1.165) is 16.8 Å². The molecule has 3 rings (SSSR count). The van der Waals surface area contributed by atoms with Gasteiger partial charge in [-0.15, -0.1) is 0 Å². The van der Waals surface area contributed by atoms with Crippen molar-refractivity contribution in [2.45, 2.75) is 57.7 Å². The fourth-order valence-corrected chi connectivity index (χ4v) is 3.64. The quantitative estimate of drug-likeness (QED) is 0.823. The summed E-state index contributed by atoms with van der Waals surface area (Å²) >= 11 is 6.08. The van der Waals surface area contributed by atoms with Crippen molar-refractivity contribution in [2.24, 2.45) is 0 Å². The Kier molecular flexibility index (Phi) is 5.40. The number of hydrogen-bond acceptors (Lipinski definition) is 4. The van der Waals surface area contributed by atoms with E-state index < -0.39 is 5.60 Å². The molecule has 0 atom stereocenters. The van der Waals surface area contributed by atoms with Gasteiger partial charge < -0.3 is 10.4 Å². The Morgan fingerprint density at radius 1 is 1.41 bits per heavy atom. The van der Waals surface area contributed by atoms with Gasteiger partial charge in [0.25, 0.3) is 5.56 Å². The summed E-state index contributed by atoms with van der Waals surface area (Å²) in [6.07, 6.45) is 1.04. The van der Waals surface area contributed by atoms with Crippen molar-refractivity contribution in [3.63, 3.8) is 0 Å². The normalized spacial score (nSPS) is 21.8. The average Bonchev–Trinajstić information content (AvgIpc) is 2.54. The van der Waals surface area contributed by atoms with Crippen LogP contribution in [0.25, 0.3) is 11.1 Å². The fraction of sp³-hybridized carbons (Fsp3) is 0.450. The second kappa shape index (κ2) is 7.44. The average molecular weight is 390 g/mol. The fourth-order valence-electron chi connectivity index (χ4n) is 3.45. The van der Waals surface area contributed by atoms with E-state index in [4.69, 9.17) is 11.6 Å². The molecule has 2 aromatic rings. The molecule has 2 N–H and O–H groups in total. The van der Waals surface area contributed by atoms with E-state index >= 15 is 0 Å². The SMILES string of the molecule is CC(C)c1nn(CC(=O)NC2CC(C)(O)C2)c(=O)cc1-c1cccc(Cl)c1. The predicted octanol–water partition coefficient (Wildman–Crippen LogP) is 2.72. The molecule has 27 heavy (non-hydrogen) atoms. The standard InChI is InChI=1S/C20H24ClN3O3/c1-12(2)19-16(13-5-4-6-14(21)7-13)8-18(26)24(23-19)11-17(25)22-15-9-20(3,27)10-15/h4-8,12,15,27H,9-11H2,1-3H3,(H,22,25). The second-order valence-electron chi connectivity index (χ2n) is 7.77. The topological polar surface area (TPSA) is 84.2 Å². The highest BCUT2D eigenvalue weighted by molar-refractivity contribution is 6.30. The number of benzene rings is 1. The zero-order chi connectivity index (χ0) is 19.8. The highest BCUT2D eigenvalue weighted by Gasteiger charge is 2.39. The predicted molar refractivity (Wildman–Crippen MR) is 105 cm³/mol. The number of carbonyl (C=O) groups excluding carboxylic acids is 1. The van der Waals surface area contributed by atoms with E-state index in [9.17, 15) is 14.7 Å². The number of carbonyl (C=O) groups is 1. The summed E-state index contributed by atoms with van der Waals surface area (Å²) in [5.74, 6) is -0.217. The molecule has 7 heteroatoms. The van der Waals surface area contributed by atoms with Gasteiger partial charge in [0, 0.05) is 22.7 Å². The molecule has 1 saturated carbocycles. The third-order valence-corrected chi connectivity index (χ3v) is 4.97. The van der Waals surface area contributed by atoms with Gasteiger partial charge in [0.15, 0.2) is 0 Å². The number of rotatable bonds is 5. The Balaban J connectivity index is 1.84. The first-order valence-corrected chi connectivity index (χ1v) is 9.42. The van der Waals surface area contributed by atoms with Crippen molar-refractivity contribution >= 4 is 17.5 Å². The van der Waals surface area contributed by atoms with Crippen molar-refractivity contribution in [3.8, 4) is 11.1 Å². The Hall–Kier alpha value is -2.18. The van der Waals surface area contributed by atoms with Gasteiger partial charge in [0.2, 0.25) is 5.91 Å². The second-order valence-corrected chi connectivity index (χ2v) is 8.21. The summed E-state index contributed by atoms with van der Waals surface area (Å²) in [6.45, 7) is 5.57. The molecule has 1 fully saturated rings. The van der Waals surface area contributed by atoms with Gasteiger partial charge in [-0.2, -0.15) is 5.10 Å². The number of aromatic nitrogens is 2. The molecule has 1 aliphatic carbocycles. The minimum Gasteiger partial charge on any atom is -0.390 e. The first-order valence-electron chi connectivity index (χ1n) is 9.04. The Morgan fingerprint density at radius 3 is 2.70 bits per heavy atom. The molecule has 0 unspecified atom stereocenters. The van der Waals surface area contributed by atoms with Gasteiger partial charge in [0.1, 0.15) is 6.54 Å². The minimum atomic E-state index is -0.712. The lowest BCUT2D eigenvalue weighted by Gasteiger charge is -2.41. The van der Waals surface area contributed by atoms with Crippen LogP contribution in [-0.4, -0.2) is 32.4 Å². The number of nitrogens with zero attached hydrogens (tertiary/aromatic N) is 2. The van der Waals surface area contributed by atoms with Crippen molar-refractivity contribution in [1.29, 1.82) is 0 Å². The van der Waals surface area contributed by atoms with E-state index in [-0.39, 0.29) is 30.0 Å². The van der Waals surface area contributed by atoms with Gasteiger partial charge in [-0.05, 0) is 43.4 Å². The minimum absolute atomic E-state index is 0.0569. The van der Waals surface area contributed by atoms with Crippen LogP contribution in [0.3, 0.4) is 0 Å². The summed E-state index contributed by atoms with van der Waals surface area (Å²) in [4.78, 5) is 24.8. The molecule has 1 heterocycles. The largest absolute Gasteiger partial charge is 0.390 e. The third-order valence-electron chi connectivity index (χ3n) is 4.74. The van der Waals surface area contributed by atoms with Crippen LogP contribution in [-0.2, 0) is 11.3 Å². The Labute approximate surface area is 163 Å². The maximum absolute atomic E-state index is 12.5. The van der Waals surface area contributed by atoms with E-state index in [1.54, 1.807) is 19.1 Å². The molecular weight excluding hydrogens is 366 g/mol. The van der Waals surface area contributed by atoms with E-state index in [2.05, 4.69) is 10.4 Å². The zero-order valence-corrected chi connectivity index (χ0v) is 16.5. The number of amides is 1. The maximum atomic E-state index is 12.5. The summed E-state index contributed by atoms with van der Waals surface area (Å²) < 4.78 is 1.19. The first kappa shape index (κ1) is 19.6. The molecule has 0 saturated heterocycles. The van der Waals surface area contributed by atoms with Crippen LogP contribution < -0.4 is 10.9 Å². The maximum Gasteiger partial charge on any atom is 0.267 e. The van der Waals surface area contributed by atoms with E-state index in [1.165, 1.54) is 10.7 Å². The molecule has 1 aromatic carbocycles. The van der Waals surface area contributed by atoms with Gasteiger partial charge in [-0.1, -0.05) is 37.6 Å². The Morgan fingerprint density at radius 2 is 2.11 bits per heavy atom. The van der Waals surface area contributed by atoms with Crippen LogP contribution in [0, 0.1) is 0 Å². The van der Waals surface area contributed by atoms with Gasteiger partial charge in [-0.3, -0.25) is 9.59 Å². The van der Waals surface area contributed by atoms with Crippen LogP contribution in [0.4, 0.5) is 0 Å². The molecule has 144 valence electrons. The lowest BCUT2D eigenvalue weighted by molar-refractivity contribution is -0.125. The van der Waals surface area contributed by atoms with Crippen LogP contribution >= 0.6 is 11.6 Å². The van der Waals surface area contributed by atoms with Crippen LogP contribution in [0.15, 0.2) is 35.1 Å². The van der Waals surface area contributed by atoms with Crippen LogP contribution in [0.5, 0.6) is 0 Å². The number of nitrogens with one attached hydrogen (secondary N) is 1. The highest BCUT2D eigenvalue weighted by atomic mass is 35.5. The lowest BCUT2D eigenvalue weighted by atomic mass is 9.77. The van der Waals surface area contributed by atoms with Crippen molar-refractivity contribution in [2.75, 3.05) is 0 Å². The van der Waals surface area contributed by atoms with Crippen molar-refractivity contribution in [1.82, 2.24) is 15.1 Å². The monoisotopic (exact) mass is 389 g/mol. The molecule has 0 radical (unpaired) electrons. The van der Waals surface area contributed by atoms with Gasteiger partial charge in [-0.25, -0.2) is 4.68 Å². The highest BCUT2D eigenvalue weighted by Crippen LogP contribution is 2.31. The zero-order valence-electron chi connectivity index (χ0n) is 15.7. The summed E-state index contributed by atoms with van der Waals surface area (Å²) in [6, 6.07) is 8.73. The Bertz CT molecular complexity index is 913. The number of hydrogen-bond donors (Lipinski definition) is 2. The molecule has 1 amide bonds. The molecular formula is C20H24ClN3O3. The molecule has 0 spiro atoms. The number of aliphatic hydroxyl groups is 1. The van der Waals surface area contributed by atoms with E-state index in [1.807, 2.05) is 26.0 Å². The van der Waals surface area contributed by atoms with Gasteiger partial charge >= 0.3 is 0 Å². The van der Waals surface area contributed by atoms with Crippen LogP contribution in [0.1, 0.15) is 45.2 Å². The molecule has 0 bridgehead atoms.